The average Bonchev–Trinajstić information content (AvgIpc) is 2.58. The Hall–Kier alpha value is -1.11. The van der Waals surface area contributed by atoms with Crippen molar-refractivity contribution in [2.45, 2.75) is 77.0 Å². The van der Waals surface area contributed by atoms with Crippen LogP contribution in [0.4, 0.5) is 0 Å². The topological polar surface area (TPSA) is 17.1 Å². The number of rotatable bonds is 5. The van der Waals surface area contributed by atoms with Crippen molar-refractivity contribution < 1.29 is 4.79 Å². The van der Waals surface area contributed by atoms with Gasteiger partial charge in [0.2, 0.25) is 0 Å². The Labute approximate surface area is 135 Å². The van der Waals surface area contributed by atoms with E-state index in [1.54, 1.807) is 0 Å². The zero-order valence-electron chi connectivity index (χ0n) is 14.2. The molecule has 2 aliphatic rings. The van der Waals surface area contributed by atoms with Crippen molar-refractivity contribution in [3.05, 3.63) is 35.4 Å². The van der Waals surface area contributed by atoms with Crippen LogP contribution in [-0.2, 0) is 4.79 Å². The number of ketones is 1. The van der Waals surface area contributed by atoms with Gasteiger partial charge in [-0.05, 0) is 61.5 Å². The van der Waals surface area contributed by atoms with E-state index in [9.17, 15) is 4.79 Å². The Morgan fingerprint density at radius 2 is 1.59 bits per heavy atom. The van der Waals surface area contributed by atoms with Crippen molar-refractivity contribution in [2.24, 2.45) is 11.8 Å². The highest BCUT2D eigenvalue weighted by Gasteiger charge is 2.39. The Kier molecular flexibility index (Phi) is 5.00. The van der Waals surface area contributed by atoms with Gasteiger partial charge in [-0.1, -0.05) is 51.0 Å². The maximum absolute atomic E-state index is 12.2. The van der Waals surface area contributed by atoms with Crippen LogP contribution in [0.1, 0.15) is 88.2 Å². The first-order valence-electron chi connectivity index (χ1n) is 9.36. The van der Waals surface area contributed by atoms with E-state index in [2.05, 4.69) is 38.1 Å². The van der Waals surface area contributed by atoms with E-state index >= 15 is 0 Å². The Bertz CT molecular complexity index is 493. The number of hydrogen-bond acceptors (Lipinski definition) is 1. The molecular weight excluding hydrogens is 268 g/mol. The molecule has 0 radical (unpaired) electrons. The van der Waals surface area contributed by atoms with Crippen LogP contribution in [0.25, 0.3) is 0 Å². The molecule has 1 aromatic rings. The number of benzene rings is 1. The second kappa shape index (κ2) is 6.98. The summed E-state index contributed by atoms with van der Waals surface area (Å²) in [6.45, 7) is 4.49. The molecule has 120 valence electrons. The predicted molar refractivity (Wildman–Crippen MR) is 92.2 cm³/mol. The largest absolute Gasteiger partial charge is 0.299 e. The second-order valence-electron chi connectivity index (χ2n) is 7.47. The maximum Gasteiger partial charge on any atom is 0.143 e. The summed E-state index contributed by atoms with van der Waals surface area (Å²) in [6, 6.07) is 9.05. The summed E-state index contributed by atoms with van der Waals surface area (Å²) >= 11 is 0. The Morgan fingerprint density at radius 3 is 2.14 bits per heavy atom. The first kappa shape index (κ1) is 15.8. The van der Waals surface area contributed by atoms with E-state index in [0.717, 1.165) is 31.1 Å². The van der Waals surface area contributed by atoms with E-state index in [4.69, 9.17) is 0 Å². The minimum absolute atomic E-state index is 0.196. The molecule has 0 spiro atoms. The third-order valence-corrected chi connectivity index (χ3v) is 6.14. The van der Waals surface area contributed by atoms with Crippen LogP contribution in [0.2, 0.25) is 0 Å². The van der Waals surface area contributed by atoms with Gasteiger partial charge in [0, 0.05) is 11.8 Å². The van der Waals surface area contributed by atoms with Gasteiger partial charge in [0.05, 0.1) is 0 Å². The summed E-state index contributed by atoms with van der Waals surface area (Å²) < 4.78 is 0. The lowest BCUT2D eigenvalue weighted by molar-refractivity contribution is -0.132. The number of hydrogen-bond donors (Lipinski definition) is 0. The van der Waals surface area contributed by atoms with E-state index in [-0.39, 0.29) is 5.92 Å². The normalized spacial score (nSPS) is 31.8. The van der Waals surface area contributed by atoms with E-state index < -0.39 is 0 Å². The summed E-state index contributed by atoms with van der Waals surface area (Å²) in [5.41, 5.74) is 2.75. The molecule has 0 aliphatic heterocycles. The fourth-order valence-electron chi connectivity index (χ4n) is 4.45. The van der Waals surface area contributed by atoms with Gasteiger partial charge in [-0.2, -0.15) is 0 Å². The second-order valence-corrected chi connectivity index (χ2v) is 7.47. The SMILES string of the molecule is CCCC1CC(c2ccc(C3CCC(CC)CC3)cc2)C1=O. The first-order valence-corrected chi connectivity index (χ1v) is 9.36. The number of Topliss-reactive ketones (excluding diaryl/α,β-unsaturated/α-hetero) is 1. The van der Waals surface area contributed by atoms with Gasteiger partial charge >= 0.3 is 0 Å². The molecule has 2 atom stereocenters. The van der Waals surface area contributed by atoms with Crippen molar-refractivity contribution >= 4 is 5.78 Å². The van der Waals surface area contributed by atoms with Gasteiger partial charge in [0.15, 0.2) is 0 Å². The molecular formula is C21H30O. The molecule has 0 aromatic heterocycles. The van der Waals surface area contributed by atoms with E-state index in [1.165, 1.54) is 43.2 Å². The van der Waals surface area contributed by atoms with Gasteiger partial charge in [-0.3, -0.25) is 4.79 Å². The monoisotopic (exact) mass is 298 g/mol. The molecule has 22 heavy (non-hydrogen) atoms. The number of carbonyl (C=O) groups excluding carboxylic acids is 1. The van der Waals surface area contributed by atoms with E-state index in [1.807, 2.05) is 0 Å². The summed E-state index contributed by atoms with van der Waals surface area (Å²) in [5, 5.41) is 0. The molecule has 0 amide bonds. The van der Waals surface area contributed by atoms with Crippen LogP contribution in [0.5, 0.6) is 0 Å². The van der Waals surface area contributed by atoms with Crippen molar-refractivity contribution in [1.29, 1.82) is 0 Å². The molecule has 0 saturated heterocycles. The molecule has 3 rings (SSSR count). The highest BCUT2D eigenvalue weighted by molar-refractivity contribution is 5.93. The van der Waals surface area contributed by atoms with Crippen LogP contribution in [0, 0.1) is 11.8 Å². The van der Waals surface area contributed by atoms with Crippen LogP contribution < -0.4 is 0 Å². The van der Waals surface area contributed by atoms with E-state index in [0.29, 0.717) is 11.7 Å². The van der Waals surface area contributed by atoms with Gasteiger partial charge in [-0.25, -0.2) is 0 Å². The standard InChI is InChI=1S/C21H30O/c1-3-5-19-14-20(21(19)22)18-12-10-17(11-13-18)16-8-6-15(4-2)7-9-16/h10-13,15-16,19-20H,3-9,14H2,1-2H3. The third kappa shape index (κ3) is 3.14. The highest BCUT2D eigenvalue weighted by atomic mass is 16.1. The lowest BCUT2D eigenvalue weighted by Gasteiger charge is -2.34. The van der Waals surface area contributed by atoms with Crippen LogP contribution >= 0.6 is 0 Å². The van der Waals surface area contributed by atoms with Gasteiger partial charge in [0.1, 0.15) is 5.78 Å². The molecule has 1 heteroatoms. The van der Waals surface area contributed by atoms with Gasteiger partial charge < -0.3 is 0 Å². The van der Waals surface area contributed by atoms with Crippen molar-refractivity contribution in [2.75, 3.05) is 0 Å². The predicted octanol–water partition coefficient (Wildman–Crippen LogP) is 5.84. The summed E-state index contributed by atoms with van der Waals surface area (Å²) in [5.74, 6) is 2.74. The van der Waals surface area contributed by atoms with Crippen molar-refractivity contribution in [1.82, 2.24) is 0 Å². The Morgan fingerprint density at radius 1 is 0.955 bits per heavy atom. The molecule has 2 aliphatic carbocycles. The minimum Gasteiger partial charge on any atom is -0.299 e. The molecule has 0 N–H and O–H groups in total. The maximum atomic E-state index is 12.2. The smallest absolute Gasteiger partial charge is 0.143 e. The van der Waals surface area contributed by atoms with Crippen LogP contribution in [0.15, 0.2) is 24.3 Å². The fourth-order valence-corrected chi connectivity index (χ4v) is 4.45. The molecule has 2 saturated carbocycles. The van der Waals surface area contributed by atoms with Crippen molar-refractivity contribution in [3.8, 4) is 0 Å². The third-order valence-electron chi connectivity index (χ3n) is 6.14. The molecule has 1 nitrogen and oxygen atoms in total. The quantitative estimate of drug-likeness (QED) is 0.667. The lowest BCUT2D eigenvalue weighted by Crippen LogP contribution is -2.35. The zero-order chi connectivity index (χ0) is 15.5. The van der Waals surface area contributed by atoms with Gasteiger partial charge in [-0.15, -0.1) is 0 Å². The minimum atomic E-state index is 0.196. The molecule has 1 aromatic carbocycles. The fraction of sp³-hybridized carbons (Fsp3) is 0.667. The molecule has 0 heterocycles. The van der Waals surface area contributed by atoms with Gasteiger partial charge in [0.25, 0.3) is 0 Å². The zero-order valence-corrected chi connectivity index (χ0v) is 14.2. The first-order chi connectivity index (χ1) is 10.7. The van der Waals surface area contributed by atoms with Crippen LogP contribution in [0.3, 0.4) is 0 Å². The summed E-state index contributed by atoms with van der Waals surface area (Å²) in [4.78, 5) is 12.2. The molecule has 0 bridgehead atoms. The lowest BCUT2D eigenvalue weighted by atomic mass is 9.68. The molecule has 2 unspecified atom stereocenters. The van der Waals surface area contributed by atoms with Crippen molar-refractivity contribution in [3.63, 3.8) is 0 Å². The summed E-state index contributed by atoms with van der Waals surface area (Å²) in [6.07, 6.45) is 10.1. The summed E-state index contributed by atoms with van der Waals surface area (Å²) in [7, 11) is 0. The highest BCUT2D eigenvalue weighted by Crippen LogP contribution is 2.41. The average molecular weight is 298 g/mol. The number of carbonyl (C=O) groups is 1. The Balaban J connectivity index is 1.58. The van der Waals surface area contributed by atoms with Crippen LogP contribution in [-0.4, -0.2) is 5.78 Å². The molecule has 2 fully saturated rings.